The van der Waals surface area contributed by atoms with Crippen LogP contribution in [-0.2, 0) is 0 Å². The van der Waals surface area contributed by atoms with Gasteiger partial charge in [-0.15, -0.1) is 0 Å². The van der Waals surface area contributed by atoms with E-state index in [-0.39, 0.29) is 0 Å². The van der Waals surface area contributed by atoms with Crippen LogP contribution in [0.15, 0.2) is 54.6 Å². The van der Waals surface area contributed by atoms with E-state index in [4.69, 9.17) is 4.98 Å². The second kappa shape index (κ2) is 4.67. The molecule has 0 amide bonds. The van der Waals surface area contributed by atoms with E-state index in [0.717, 1.165) is 5.52 Å². The Balaban J connectivity index is 1.92. The summed E-state index contributed by atoms with van der Waals surface area (Å²) in [6.45, 7) is 0. The highest BCUT2D eigenvalue weighted by atomic mass is 14.7. The Bertz CT molecular complexity index is 842. The fourth-order valence-corrected chi connectivity index (χ4v) is 4.54. The Labute approximate surface area is 131 Å². The van der Waals surface area contributed by atoms with Gasteiger partial charge in [0.25, 0.3) is 0 Å². The van der Waals surface area contributed by atoms with E-state index < -0.39 is 0 Å². The monoisotopic (exact) mass is 285 g/mol. The summed E-state index contributed by atoms with van der Waals surface area (Å²) in [7, 11) is 0. The maximum Gasteiger partial charge on any atom is 0.0711 e. The summed E-state index contributed by atoms with van der Waals surface area (Å²) in [4.78, 5) is 5.08. The van der Waals surface area contributed by atoms with Gasteiger partial charge in [0.05, 0.1) is 5.52 Å². The van der Waals surface area contributed by atoms with Gasteiger partial charge in [-0.3, -0.25) is 4.98 Å². The number of para-hydroxylation sites is 1. The van der Waals surface area contributed by atoms with Crippen molar-refractivity contribution in [2.75, 3.05) is 0 Å². The third kappa shape index (κ3) is 1.68. The van der Waals surface area contributed by atoms with Crippen LogP contribution in [0, 0.1) is 0 Å². The molecule has 2 bridgehead atoms. The van der Waals surface area contributed by atoms with E-state index in [9.17, 15) is 0 Å². The van der Waals surface area contributed by atoms with E-state index in [2.05, 4.69) is 54.6 Å². The van der Waals surface area contributed by atoms with Crippen LogP contribution in [0.4, 0.5) is 0 Å². The van der Waals surface area contributed by atoms with E-state index in [0.29, 0.717) is 11.8 Å². The molecule has 2 aromatic carbocycles. The molecule has 3 aliphatic rings. The second-order valence-corrected chi connectivity index (χ2v) is 6.72. The Morgan fingerprint density at radius 3 is 2.23 bits per heavy atom. The number of hydrogen-bond acceptors (Lipinski definition) is 1. The molecule has 1 heterocycles. The molecular weight excluding hydrogens is 266 g/mol. The summed E-state index contributed by atoms with van der Waals surface area (Å²) < 4.78 is 0. The molecule has 0 atom stereocenters. The molecule has 0 N–H and O–H groups in total. The zero-order valence-electron chi connectivity index (χ0n) is 12.6. The molecule has 1 nitrogen and oxygen atoms in total. The van der Waals surface area contributed by atoms with Crippen molar-refractivity contribution in [1.82, 2.24) is 4.98 Å². The summed E-state index contributed by atoms with van der Waals surface area (Å²) in [5, 5.41) is 1.32. The molecule has 6 rings (SSSR count). The van der Waals surface area contributed by atoms with Crippen LogP contribution >= 0.6 is 0 Å². The van der Waals surface area contributed by atoms with Gasteiger partial charge in [-0.05, 0) is 54.4 Å². The maximum absolute atomic E-state index is 5.08. The third-order valence-corrected chi connectivity index (χ3v) is 5.54. The minimum Gasteiger partial charge on any atom is -0.252 e. The van der Waals surface area contributed by atoms with E-state index in [1.54, 1.807) is 5.56 Å². The highest BCUT2D eigenvalue weighted by Crippen LogP contribution is 2.52. The molecule has 3 aromatic rings. The van der Waals surface area contributed by atoms with Crippen molar-refractivity contribution in [3.63, 3.8) is 0 Å². The zero-order valence-corrected chi connectivity index (χ0v) is 12.6. The smallest absolute Gasteiger partial charge is 0.0711 e. The lowest BCUT2D eigenvalue weighted by molar-refractivity contribution is 0.353. The van der Waals surface area contributed by atoms with Crippen molar-refractivity contribution in [3.05, 3.63) is 65.9 Å². The molecule has 0 unspecified atom stereocenters. The first kappa shape index (κ1) is 12.4. The van der Waals surface area contributed by atoms with Crippen LogP contribution in [0.2, 0.25) is 0 Å². The summed E-state index contributed by atoms with van der Waals surface area (Å²) >= 11 is 0. The average molecular weight is 285 g/mol. The first-order chi connectivity index (χ1) is 10.9. The number of rotatable bonds is 1. The SMILES string of the molecule is c1ccc(-c2c3c(nc4ccccc24)C2CCC3CC2)cc1. The van der Waals surface area contributed by atoms with Crippen molar-refractivity contribution in [2.24, 2.45) is 0 Å². The first-order valence-electron chi connectivity index (χ1n) is 8.40. The molecule has 22 heavy (non-hydrogen) atoms. The van der Waals surface area contributed by atoms with Gasteiger partial charge in [-0.1, -0.05) is 48.5 Å². The quantitative estimate of drug-likeness (QED) is 0.562. The van der Waals surface area contributed by atoms with Crippen molar-refractivity contribution in [3.8, 4) is 11.1 Å². The van der Waals surface area contributed by atoms with Gasteiger partial charge in [0.15, 0.2) is 0 Å². The maximum atomic E-state index is 5.08. The molecule has 1 aromatic heterocycles. The van der Waals surface area contributed by atoms with E-state index >= 15 is 0 Å². The zero-order chi connectivity index (χ0) is 14.5. The minimum absolute atomic E-state index is 0.687. The second-order valence-electron chi connectivity index (χ2n) is 6.72. The molecule has 0 saturated heterocycles. The van der Waals surface area contributed by atoms with Gasteiger partial charge >= 0.3 is 0 Å². The lowest BCUT2D eigenvalue weighted by Gasteiger charge is -2.39. The van der Waals surface area contributed by atoms with E-state index in [1.165, 1.54) is 47.9 Å². The highest BCUT2D eigenvalue weighted by Gasteiger charge is 2.36. The molecule has 0 spiro atoms. The topological polar surface area (TPSA) is 12.9 Å². The van der Waals surface area contributed by atoms with Crippen molar-refractivity contribution < 1.29 is 0 Å². The number of benzene rings is 2. The minimum atomic E-state index is 0.687. The van der Waals surface area contributed by atoms with Gasteiger partial charge in [-0.2, -0.15) is 0 Å². The molecule has 1 heteroatoms. The van der Waals surface area contributed by atoms with Gasteiger partial charge < -0.3 is 0 Å². The van der Waals surface area contributed by atoms with Crippen molar-refractivity contribution in [2.45, 2.75) is 37.5 Å². The summed E-state index contributed by atoms with van der Waals surface area (Å²) in [6.07, 6.45) is 5.35. The van der Waals surface area contributed by atoms with Crippen molar-refractivity contribution in [1.29, 1.82) is 0 Å². The van der Waals surface area contributed by atoms with E-state index in [1.807, 2.05) is 0 Å². The Kier molecular flexibility index (Phi) is 2.63. The van der Waals surface area contributed by atoms with Crippen LogP contribution in [0.1, 0.15) is 48.8 Å². The summed E-state index contributed by atoms with van der Waals surface area (Å²) in [5.74, 6) is 1.40. The first-order valence-corrected chi connectivity index (χ1v) is 8.40. The van der Waals surface area contributed by atoms with Gasteiger partial charge in [0, 0.05) is 17.0 Å². The van der Waals surface area contributed by atoms with Crippen LogP contribution < -0.4 is 0 Å². The normalized spacial score (nSPS) is 22.7. The Morgan fingerprint density at radius 1 is 0.727 bits per heavy atom. The molecule has 108 valence electrons. The number of pyridine rings is 1. The molecular formula is C21H19N. The van der Waals surface area contributed by atoms with Gasteiger partial charge in [0.2, 0.25) is 0 Å². The highest BCUT2D eigenvalue weighted by molar-refractivity contribution is 5.97. The van der Waals surface area contributed by atoms with Crippen LogP contribution in [0.25, 0.3) is 22.0 Å². The predicted octanol–water partition coefficient (Wildman–Crippen LogP) is 5.66. The van der Waals surface area contributed by atoms with Crippen molar-refractivity contribution >= 4 is 10.9 Å². The standard InChI is InChI=1S/C21H19N/c1-2-6-14(7-3-1)19-17-8-4-5-9-18(17)22-21-16-12-10-15(11-13-16)20(19)21/h1-9,15-16H,10-13H2. The summed E-state index contributed by atoms with van der Waals surface area (Å²) in [5.41, 5.74) is 6.93. The lowest BCUT2D eigenvalue weighted by Crippen LogP contribution is -2.24. The number of fused-ring (bicyclic) bond motifs is 3. The molecule has 0 aliphatic heterocycles. The lowest BCUT2D eigenvalue weighted by atomic mass is 9.67. The summed E-state index contributed by atoms with van der Waals surface area (Å²) in [6, 6.07) is 19.6. The fraction of sp³-hybridized carbons (Fsp3) is 0.286. The fourth-order valence-electron chi connectivity index (χ4n) is 4.54. The average Bonchev–Trinajstić information content (AvgIpc) is 2.61. The van der Waals surface area contributed by atoms with Crippen LogP contribution in [0.5, 0.6) is 0 Å². The molecule has 0 radical (unpaired) electrons. The van der Waals surface area contributed by atoms with Crippen LogP contribution in [-0.4, -0.2) is 4.98 Å². The Morgan fingerprint density at radius 2 is 1.41 bits per heavy atom. The number of aromatic nitrogens is 1. The van der Waals surface area contributed by atoms with Gasteiger partial charge in [-0.25, -0.2) is 0 Å². The van der Waals surface area contributed by atoms with Crippen LogP contribution in [0.3, 0.4) is 0 Å². The Hall–Kier alpha value is -2.15. The molecule has 1 saturated carbocycles. The molecule has 1 fully saturated rings. The predicted molar refractivity (Wildman–Crippen MR) is 91.1 cm³/mol. The largest absolute Gasteiger partial charge is 0.252 e. The number of nitrogens with zero attached hydrogens (tertiary/aromatic N) is 1. The van der Waals surface area contributed by atoms with Gasteiger partial charge in [0.1, 0.15) is 0 Å². The number of hydrogen-bond donors (Lipinski definition) is 0. The molecule has 3 aliphatic carbocycles. The third-order valence-electron chi connectivity index (χ3n) is 5.54.